The Hall–Kier alpha value is -4.65. The Morgan fingerprint density at radius 3 is 1.44 bits per heavy atom. The number of rotatable bonds is 9. The van der Waals surface area contributed by atoms with Crippen LogP contribution in [0.5, 0.6) is 23.0 Å². The fourth-order valence-corrected chi connectivity index (χ4v) is 3.46. The Kier molecular flexibility index (Phi) is 7.28. The largest absolute Gasteiger partial charge is 0.454 e. The highest BCUT2D eigenvalue weighted by molar-refractivity contribution is 5.89. The van der Waals surface area contributed by atoms with Crippen molar-refractivity contribution < 1.29 is 33.3 Å². The van der Waals surface area contributed by atoms with Gasteiger partial charge in [0.25, 0.3) is 0 Å². The zero-order valence-electron chi connectivity index (χ0n) is 18.4. The molecule has 0 amide bonds. The summed E-state index contributed by atoms with van der Waals surface area (Å²) in [6.45, 7) is 17.7. The third kappa shape index (κ3) is 4.88. The van der Waals surface area contributed by atoms with E-state index in [1.54, 1.807) is 18.2 Å². The molecule has 0 heterocycles. The molecule has 7 nitrogen and oxygen atoms in total. The highest BCUT2D eigenvalue weighted by Crippen LogP contribution is 2.48. The lowest BCUT2D eigenvalue weighted by Crippen LogP contribution is -2.14. The van der Waals surface area contributed by atoms with E-state index in [1.165, 1.54) is 12.1 Å². The molecule has 0 fully saturated rings. The van der Waals surface area contributed by atoms with Crippen molar-refractivity contribution in [3.8, 4) is 34.1 Å². The summed E-state index contributed by atoms with van der Waals surface area (Å²) >= 11 is 0. The quantitative estimate of drug-likeness (QED) is 0.175. The maximum atomic E-state index is 12.0. The summed E-state index contributed by atoms with van der Waals surface area (Å²) in [7, 11) is 0. The van der Waals surface area contributed by atoms with Crippen molar-refractivity contribution in [2.75, 3.05) is 0 Å². The van der Waals surface area contributed by atoms with Crippen LogP contribution in [-0.2, 0) is 27.2 Å². The van der Waals surface area contributed by atoms with Crippen LogP contribution in [0.15, 0.2) is 87.2 Å². The summed E-state index contributed by atoms with van der Waals surface area (Å²) in [4.78, 5) is 35.6. The van der Waals surface area contributed by atoms with E-state index in [4.69, 9.17) is 18.9 Å². The molecule has 0 saturated heterocycles. The van der Waals surface area contributed by atoms with Crippen molar-refractivity contribution in [1.82, 2.24) is 0 Å². The molecule has 1 aliphatic rings. The number of fused-ring (bicyclic) bond motifs is 3. The molecular weight excluding hydrogens is 436 g/mol. The monoisotopic (exact) mass is 458 g/mol. The van der Waals surface area contributed by atoms with Gasteiger partial charge in [-0.3, -0.25) is 0 Å². The number of allylic oxidation sites excluding steroid dienone is 1. The summed E-state index contributed by atoms with van der Waals surface area (Å²) in [5, 5.41) is 0. The van der Waals surface area contributed by atoms with Gasteiger partial charge < -0.3 is 18.9 Å². The van der Waals surface area contributed by atoms with Crippen LogP contribution in [0, 0.1) is 0 Å². The second kappa shape index (κ2) is 10.3. The van der Waals surface area contributed by atoms with Gasteiger partial charge in [-0.1, -0.05) is 45.0 Å². The highest BCUT2D eigenvalue weighted by atomic mass is 16.6. The second-order valence-corrected chi connectivity index (χ2v) is 6.99. The van der Waals surface area contributed by atoms with E-state index in [1.807, 2.05) is 0 Å². The van der Waals surface area contributed by atoms with E-state index in [-0.39, 0.29) is 23.0 Å². The van der Waals surface area contributed by atoms with Gasteiger partial charge in [0.05, 0.1) is 0 Å². The third-order valence-electron chi connectivity index (χ3n) is 4.95. The van der Waals surface area contributed by atoms with Gasteiger partial charge in [0.1, 0.15) is 5.76 Å². The van der Waals surface area contributed by atoms with E-state index >= 15 is 0 Å². The van der Waals surface area contributed by atoms with Crippen LogP contribution in [0.4, 0.5) is 0 Å². The molecular formula is C27H22O7. The van der Waals surface area contributed by atoms with Crippen molar-refractivity contribution in [2.24, 2.45) is 0 Å². The summed E-state index contributed by atoms with van der Waals surface area (Å²) in [6.07, 6.45) is 5.34. The van der Waals surface area contributed by atoms with Gasteiger partial charge in [-0.15, -0.1) is 0 Å². The minimum absolute atomic E-state index is 0.0790. The van der Waals surface area contributed by atoms with E-state index in [0.29, 0.717) is 24.2 Å². The third-order valence-corrected chi connectivity index (χ3v) is 4.95. The van der Waals surface area contributed by atoms with Crippen LogP contribution >= 0.6 is 0 Å². The fourth-order valence-electron chi connectivity index (χ4n) is 3.46. The molecule has 1 aliphatic carbocycles. The SMILES string of the molecule is C=CC(=C)Oc1c(OC(=O)C=C)ccc2c1CCc1c-2ccc(OC(=O)C=C)c1OC(=O)C=C. The van der Waals surface area contributed by atoms with Crippen LogP contribution in [0.3, 0.4) is 0 Å². The lowest BCUT2D eigenvalue weighted by molar-refractivity contribution is -0.131. The zero-order valence-corrected chi connectivity index (χ0v) is 18.4. The highest BCUT2D eigenvalue weighted by Gasteiger charge is 2.28. The van der Waals surface area contributed by atoms with Gasteiger partial charge in [-0.25, -0.2) is 14.4 Å². The molecule has 0 N–H and O–H groups in total. The van der Waals surface area contributed by atoms with Gasteiger partial charge in [-0.2, -0.15) is 0 Å². The Morgan fingerprint density at radius 2 is 1.03 bits per heavy atom. The Balaban J connectivity index is 2.20. The first kappa shape index (κ1) is 24.0. The van der Waals surface area contributed by atoms with Crippen molar-refractivity contribution in [3.05, 3.63) is 98.4 Å². The van der Waals surface area contributed by atoms with E-state index < -0.39 is 17.9 Å². The van der Waals surface area contributed by atoms with Crippen LogP contribution < -0.4 is 18.9 Å². The second-order valence-electron chi connectivity index (χ2n) is 6.99. The molecule has 34 heavy (non-hydrogen) atoms. The molecule has 2 aromatic carbocycles. The van der Waals surface area contributed by atoms with Crippen molar-refractivity contribution in [1.29, 1.82) is 0 Å². The molecule has 0 aliphatic heterocycles. The van der Waals surface area contributed by atoms with Crippen molar-refractivity contribution in [3.63, 3.8) is 0 Å². The summed E-state index contributed by atoms with van der Waals surface area (Å²) in [5.74, 6) is -1.06. The lowest BCUT2D eigenvalue weighted by Gasteiger charge is -2.26. The van der Waals surface area contributed by atoms with Gasteiger partial charge in [0.2, 0.25) is 0 Å². The first-order valence-electron chi connectivity index (χ1n) is 10.2. The van der Waals surface area contributed by atoms with Gasteiger partial charge in [0, 0.05) is 29.4 Å². The average molecular weight is 458 g/mol. The Morgan fingerprint density at radius 1 is 0.618 bits per heavy atom. The molecule has 0 aromatic heterocycles. The normalized spacial score (nSPS) is 11.1. The average Bonchev–Trinajstić information content (AvgIpc) is 2.85. The maximum Gasteiger partial charge on any atom is 0.335 e. The fraction of sp³-hybridized carbons (Fsp3) is 0.0741. The molecule has 0 atom stereocenters. The number of carbonyl (C=O) groups is 3. The molecule has 172 valence electrons. The molecule has 0 bridgehead atoms. The first-order valence-corrected chi connectivity index (χ1v) is 10.2. The first-order chi connectivity index (χ1) is 16.3. The lowest BCUT2D eigenvalue weighted by atomic mass is 9.84. The molecule has 0 unspecified atom stereocenters. The molecule has 0 saturated carbocycles. The topological polar surface area (TPSA) is 88.1 Å². The smallest absolute Gasteiger partial charge is 0.335 e. The number of hydrogen-bond acceptors (Lipinski definition) is 7. The molecule has 3 rings (SSSR count). The maximum absolute atomic E-state index is 12.0. The molecule has 2 aromatic rings. The van der Waals surface area contributed by atoms with Gasteiger partial charge in [0.15, 0.2) is 23.0 Å². The molecule has 0 spiro atoms. The number of ether oxygens (including phenoxy) is 4. The van der Waals surface area contributed by atoms with Crippen LogP contribution in [-0.4, -0.2) is 17.9 Å². The van der Waals surface area contributed by atoms with Crippen LogP contribution in [0.25, 0.3) is 11.1 Å². The Labute approximate surface area is 196 Å². The molecule has 0 radical (unpaired) electrons. The predicted molar refractivity (Wildman–Crippen MR) is 127 cm³/mol. The van der Waals surface area contributed by atoms with Crippen LogP contribution in [0.2, 0.25) is 0 Å². The zero-order chi connectivity index (χ0) is 24.8. The number of carbonyl (C=O) groups excluding carboxylic acids is 3. The minimum atomic E-state index is -0.701. The standard InChI is InChI=1S/C27H22O7/c1-6-16(5)31-26-19-10-11-20-18(17(19)12-14-21(26)32-23(28)7-2)13-15-22(33-24(29)8-3)27(20)34-25(30)9-4/h6-9,12-15H,1-5,10-11H2. The van der Waals surface area contributed by atoms with E-state index in [2.05, 4.69) is 32.9 Å². The Bertz CT molecular complexity index is 1150. The minimum Gasteiger partial charge on any atom is -0.454 e. The summed E-state index contributed by atoms with van der Waals surface area (Å²) < 4.78 is 21.9. The predicted octanol–water partition coefficient (Wildman–Crippen LogP) is 4.80. The van der Waals surface area contributed by atoms with Crippen molar-refractivity contribution >= 4 is 17.9 Å². The van der Waals surface area contributed by atoms with Crippen molar-refractivity contribution in [2.45, 2.75) is 12.8 Å². The molecule has 7 heteroatoms. The summed E-state index contributed by atoms with van der Waals surface area (Å²) in [6, 6.07) is 6.61. The number of hydrogen-bond donors (Lipinski definition) is 0. The summed E-state index contributed by atoms with van der Waals surface area (Å²) in [5.41, 5.74) is 2.88. The van der Waals surface area contributed by atoms with Gasteiger partial charge in [-0.05, 0) is 42.2 Å². The van der Waals surface area contributed by atoms with E-state index in [9.17, 15) is 14.4 Å². The number of esters is 3. The van der Waals surface area contributed by atoms with E-state index in [0.717, 1.165) is 34.9 Å². The van der Waals surface area contributed by atoms with Crippen LogP contribution in [0.1, 0.15) is 11.1 Å². The van der Waals surface area contributed by atoms with Gasteiger partial charge >= 0.3 is 17.9 Å². The number of benzene rings is 2.